The number of fused-ring (bicyclic) bond motifs is 1. The quantitative estimate of drug-likeness (QED) is 0.327. The van der Waals surface area contributed by atoms with E-state index in [0.717, 1.165) is 19.5 Å². The summed E-state index contributed by atoms with van der Waals surface area (Å²) in [5.74, 6) is 5.38. The van der Waals surface area contributed by atoms with Gasteiger partial charge in [0.05, 0.1) is 16.3 Å². The van der Waals surface area contributed by atoms with Crippen LogP contribution >= 0.6 is 11.6 Å². The van der Waals surface area contributed by atoms with Crippen LogP contribution in [-0.2, 0) is 9.22 Å². The van der Waals surface area contributed by atoms with Crippen molar-refractivity contribution in [1.82, 2.24) is 4.90 Å². The van der Waals surface area contributed by atoms with E-state index in [1.807, 2.05) is 0 Å². The first-order chi connectivity index (χ1) is 14.5. The number of amides is 1. The van der Waals surface area contributed by atoms with Crippen molar-refractivity contribution in [3.63, 3.8) is 0 Å². The number of halogens is 1. The average Bonchev–Trinajstić information content (AvgIpc) is 2.90. The standard InChI is InChI=1S/C24H35ClN2O3Si/c1-8-26(9-2)12-13-27-20-15-17(14-19(25)21(20)22(28)23(27)29)10-11-18(30-31(6)7)16-24(3,4)5/h14-15,18,31H,8-9,12-13,16H2,1-7H3. The number of rotatable bonds is 8. The molecule has 31 heavy (non-hydrogen) atoms. The minimum absolute atomic E-state index is 0.0955. The van der Waals surface area contributed by atoms with Crippen molar-refractivity contribution in [1.29, 1.82) is 0 Å². The Morgan fingerprint density at radius 1 is 1.19 bits per heavy atom. The molecule has 5 nitrogen and oxygen atoms in total. The highest BCUT2D eigenvalue weighted by atomic mass is 35.5. The summed E-state index contributed by atoms with van der Waals surface area (Å²) in [4.78, 5) is 28.9. The number of carbonyl (C=O) groups is 2. The second-order valence-electron chi connectivity index (χ2n) is 9.37. The minimum Gasteiger partial charge on any atom is -0.407 e. The van der Waals surface area contributed by atoms with Gasteiger partial charge in [-0.25, -0.2) is 0 Å². The van der Waals surface area contributed by atoms with E-state index in [2.05, 4.69) is 64.5 Å². The zero-order valence-corrected chi connectivity index (χ0v) is 21.8. The van der Waals surface area contributed by atoms with Gasteiger partial charge in [-0.05, 0) is 50.2 Å². The molecule has 170 valence electrons. The molecule has 1 aliphatic heterocycles. The largest absolute Gasteiger partial charge is 0.407 e. The monoisotopic (exact) mass is 462 g/mol. The molecular weight excluding hydrogens is 428 g/mol. The first kappa shape index (κ1) is 25.6. The number of carbonyl (C=O) groups excluding carboxylic acids is 2. The van der Waals surface area contributed by atoms with Crippen LogP contribution in [0.25, 0.3) is 0 Å². The molecule has 1 aromatic carbocycles. The van der Waals surface area contributed by atoms with E-state index in [4.69, 9.17) is 16.0 Å². The predicted molar refractivity (Wildman–Crippen MR) is 131 cm³/mol. The SMILES string of the molecule is CCN(CC)CCN1C(=O)C(=O)c2c(Cl)cc(C#CC(CC(C)(C)C)O[SiH](C)C)cc21. The number of hydrogen-bond donors (Lipinski definition) is 0. The molecule has 0 fully saturated rings. The summed E-state index contributed by atoms with van der Waals surface area (Å²) < 4.78 is 6.12. The number of ketones is 1. The van der Waals surface area contributed by atoms with Crippen molar-refractivity contribution < 1.29 is 14.0 Å². The highest BCUT2D eigenvalue weighted by molar-refractivity contribution is 6.55. The van der Waals surface area contributed by atoms with Crippen LogP contribution in [0.5, 0.6) is 0 Å². The fourth-order valence-electron chi connectivity index (χ4n) is 3.63. The van der Waals surface area contributed by atoms with E-state index < -0.39 is 20.7 Å². The van der Waals surface area contributed by atoms with Gasteiger partial charge in [-0.3, -0.25) is 9.59 Å². The van der Waals surface area contributed by atoms with Crippen LogP contribution in [0.4, 0.5) is 5.69 Å². The van der Waals surface area contributed by atoms with Gasteiger partial charge >= 0.3 is 0 Å². The summed E-state index contributed by atoms with van der Waals surface area (Å²) in [6.45, 7) is 17.9. The van der Waals surface area contributed by atoms with Crippen molar-refractivity contribution in [2.45, 2.75) is 60.2 Å². The van der Waals surface area contributed by atoms with Crippen LogP contribution in [0.2, 0.25) is 18.1 Å². The second-order valence-corrected chi connectivity index (χ2v) is 12.1. The number of anilines is 1. The molecule has 0 spiro atoms. The molecule has 7 heteroatoms. The van der Waals surface area contributed by atoms with Gasteiger partial charge in [0, 0.05) is 18.7 Å². The topological polar surface area (TPSA) is 49.9 Å². The molecule has 2 rings (SSSR count). The maximum Gasteiger partial charge on any atom is 0.299 e. The average molecular weight is 463 g/mol. The Balaban J connectivity index is 2.35. The zero-order valence-electron chi connectivity index (χ0n) is 19.8. The van der Waals surface area contributed by atoms with Gasteiger partial charge in [0.25, 0.3) is 11.7 Å². The summed E-state index contributed by atoms with van der Waals surface area (Å²) in [5.41, 5.74) is 1.63. The van der Waals surface area contributed by atoms with Crippen molar-refractivity contribution >= 4 is 38.0 Å². The van der Waals surface area contributed by atoms with Gasteiger partial charge in [0.2, 0.25) is 0 Å². The van der Waals surface area contributed by atoms with Gasteiger partial charge in [-0.15, -0.1) is 0 Å². The fraction of sp³-hybridized carbons (Fsp3) is 0.583. The number of likely N-dealkylation sites (N-methyl/N-ethyl adjacent to an activating group) is 1. The maximum absolute atomic E-state index is 12.6. The zero-order chi connectivity index (χ0) is 23.3. The van der Waals surface area contributed by atoms with Crippen LogP contribution in [0.3, 0.4) is 0 Å². The van der Waals surface area contributed by atoms with Gasteiger partial charge in [0.1, 0.15) is 6.10 Å². The highest BCUT2D eigenvalue weighted by Crippen LogP contribution is 2.35. The molecule has 0 aliphatic carbocycles. The van der Waals surface area contributed by atoms with Crippen molar-refractivity contribution in [3.8, 4) is 11.8 Å². The van der Waals surface area contributed by atoms with Crippen LogP contribution in [0, 0.1) is 17.3 Å². The molecule has 0 saturated carbocycles. The van der Waals surface area contributed by atoms with E-state index in [9.17, 15) is 9.59 Å². The Morgan fingerprint density at radius 2 is 1.84 bits per heavy atom. The Bertz CT molecular complexity index is 879. The molecule has 1 aromatic rings. The summed E-state index contributed by atoms with van der Waals surface area (Å²) in [6, 6.07) is 3.48. The molecule has 1 atom stereocenters. The Hall–Kier alpha value is -1.65. The minimum atomic E-state index is -1.25. The number of nitrogens with zero attached hydrogens (tertiary/aromatic N) is 2. The van der Waals surface area contributed by atoms with Crippen molar-refractivity contribution in [3.05, 3.63) is 28.3 Å². The smallest absolute Gasteiger partial charge is 0.299 e. The van der Waals surface area contributed by atoms with Crippen LogP contribution in [-0.4, -0.2) is 57.9 Å². The van der Waals surface area contributed by atoms with E-state index in [1.54, 1.807) is 12.1 Å². The number of hydrogen-bond acceptors (Lipinski definition) is 4. The molecule has 0 saturated heterocycles. The third-order valence-electron chi connectivity index (χ3n) is 5.17. The first-order valence-corrected chi connectivity index (χ1v) is 14.2. The van der Waals surface area contributed by atoms with E-state index in [0.29, 0.717) is 24.3 Å². The second kappa shape index (κ2) is 10.8. The Kier molecular flexibility index (Phi) is 8.90. The van der Waals surface area contributed by atoms with Crippen molar-refractivity contribution in [2.75, 3.05) is 31.1 Å². The molecular formula is C24H35ClN2O3Si. The lowest BCUT2D eigenvalue weighted by molar-refractivity contribution is -0.114. The molecule has 0 radical (unpaired) electrons. The maximum atomic E-state index is 12.6. The molecule has 1 aliphatic rings. The summed E-state index contributed by atoms with van der Waals surface area (Å²) >= 11 is 6.42. The third-order valence-corrected chi connectivity index (χ3v) is 6.34. The molecule has 1 unspecified atom stereocenters. The molecule has 0 N–H and O–H groups in total. The third kappa shape index (κ3) is 6.91. The summed E-state index contributed by atoms with van der Waals surface area (Å²) in [6.07, 6.45) is 0.678. The van der Waals surface area contributed by atoms with Gasteiger partial charge in [-0.2, -0.15) is 0 Å². The fourth-order valence-corrected chi connectivity index (χ4v) is 4.75. The molecule has 0 aromatic heterocycles. The Labute approximate surface area is 193 Å². The highest BCUT2D eigenvalue weighted by Gasteiger charge is 2.37. The van der Waals surface area contributed by atoms with Gasteiger partial charge in [0.15, 0.2) is 9.04 Å². The number of benzene rings is 1. The van der Waals surface area contributed by atoms with Crippen LogP contribution in [0.1, 0.15) is 57.0 Å². The van der Waals surface area contributed by atoms with E-state index in [1.165, 1.54) is 4.90 Å². The lowest BCUT2D eigenvalue weighted by atomic mass is 9.89. The normalized spacial score (nSPS) is 14.8. The lowest BCUT2D eigenvalue weighted by Crippen LogP contribution is -2.38. The summed E-state index contributed by atoms with van der Waals surface area (Å²) in [5, 5.41) is 0.275. The van der Waals surface area contributed by atoms with E-state index in [-0.39, 0.29) is 22.1 Å². The summed E-state index contributed by atoms with van der Waals surface area (Å²) in [7, 11) is -1.25. The van der Waals surface area contributed by atoms with Gasteiger partial charge in [-0.1, -0.05) is 58.1 Å². The molecule has 0 bridgehead atoms. The predicted octanol–water partition coefficient (Wildman–Crippen LogP) is 4.37. The van der Waals surface area contributed by atoms with Crippen LogP contribution in [0.15, 0.2) is 12.1 Å². The van der Waals surface area contributed by atoms with Crippen LogP contribution < -0.4 is 4.90 Å². The van der Waals surface area contributed by atoms with E-state index >= 15 is 0 Å². The lowest BCUT2D eigenvalue weighted by Gasteiger charge is -2.24. The molecule has 1 amide bonds. The first-order valence-electron chi connectivity index (χ1n) is 11.1. The van der Waals surface area contributed by atoms with Gasteiger partial charge < -0.3 is 14.2 Å². The van der Waals surface area contributed by atoms with Crippen molar-refractivity contribution in [2.24, 2.45) is 5.41 Å². The number of Topliss-reactive ketones (excluding diaryl/α,β-unsaturated/α-hetero) is 1. The molecule has 1 heterocycles. The Morgan fingerprint density at radius 3 is 2.39 bits per heavy atom.